The van der Waals surface area contributed by atoms with Crippen LogP contribution in [0.2, 0.25) is 0 Å². The Kier molecular flexibility index (Phi) is 5.23. The zero-order chi connectivity index (χ0) is 13.7. The first-order valence-electron chi connectivity index (χ1n) is 7.38. The third-order valence-corrected chi connectivity index (χ3v) is 3.92. The first kappa shape index (κ1) is 14.4. The highest BCUT2D eigenvalue weighted by molar-refractivity contribution is 5.27. The summed E-state index contributed by atoms with van der Waals surface area (Å²) in [5.74, 6) is 1.12. The fourth-order valence-electron chi connectivity index (χ4n) is 2.76. The van der Waals surface area contributed by atoms with E-state index >= 15 is 0 Å². The van der Waals surface area contributed by atoms with Gasteiger partial charge in [-0.3, -0.25) is 4.90 Å². The van der Waals surface area contributed by atoms with Crippen molar-refractivity contribution in [3.05, 3.63) is 29.8 Å². The quantitative estimate of drug-likeness (QED) is 0.856. The average molecular weight is 262 g/mol. The summed E-state index contributed by atoms with van der Waals surface area (Å²) in [6, 6.07) is 8.15. The molecule has 1 aromatic carbocycles. The largest absolute Gasteiger partial charge is 0.508 e. The van der Waals surface area contributed by atoms with Crippen molar-refractivity contribution >= 4 is 0 Å². The van der Waals surface area contributed by atoms with Gasteiger partial charge in [0, 0.05) is 19.1 Å². The van der Waals surface area contributed by atoms with Gasteiger partial charge in [0.25, 0.3) is 0 Å². The van der Waals surface area contributed by atoms with Crippen molar-refractivity contribution in [3.63, 3.8) is 0 Å². The molecule has 106 valence electrons. The van der Waals surface area contributed by atoms with E-state index in [1.807, 2.05) is 12.1 Å². The fraction of sp³-hybridized carbons (Fsp3) is 0.625. The van der Waals surface area contributed by atoms with E-state index in [2.05, 4.69) is 30.1 Å². The summed E-state index contributed by atoms with van der Waals surface area (Å²) in [5.41, 5.74) is 1.19. The molecule has 2 rings (SSSR count). The van der Waals surface area contributed by atoms with Gasteiger partial charge in [0.05, 0.1) is 0 Å². The predicted molar refractivity (Wildman–Crippen MR) is 79.2 cm³/mol. The number of aromatic hydroxyl groups is 1. The van der Waals surface area contributed by atoms with Crippen LogP contribution in [0.15, 0.2) is 24.3 Å². The summed E-state index contributed by atoms with van der Waals surface area (Å²) in [6.07, 6.45) is 2.62. The molecule has 3 heteroatoms. The Hall–Kier alpha value is -1.06. The van der Waals surface area contributed by atoms with E-state index in [9.17, 15) is 5.11 Å². The van der Waals surface area contributed by atoms with Gasteiger partial charge in [-0.15, -0.1) is 0 Å². The third kappa shape index (κ3) is 4.51. The number of piperidine rings is 1. The standard InChI is InChI=1S/C16H26N2O/c1-13(2)18(12-15-6-4-8-17-10-15)11-14-5-3-7-16(19)9-14/h3,5,7,9,13,15,17,19H,4,6,8,10-12H2,1-2H3. The number of nitrogens with one attached hydrogen (secondary N) is 1. The van der Waals surface area contributed by atoms with Crippen LogP contribution in [0.3, 0.4) is 0 Å². The lowest BCUT2D eigenvalue weighted by molar-refractivity contribution is 0.164. The molecule has 1 saturated heterocycles. The lowest BCUT2D eigenvalue weighted by Crippen LogP contribution is -2.40. The van der Waals surface area contributed by atoms with Crippen LogP contribution < -0.4 is 5.32 Å². The van der Waals surface area contributed by atoms with E-state index in [1.165, 1.54) is 24.9 Å². The van der Waals surface area contributed by atoms with Gasteiger partial charge in [-0.25, -0.2) is 0 Å². The van der Waals surface area contributed by atoms with Gasteiger partial charge in [-0.1, -0.05) is 12.1 Å². The second-order valence-electron chi connectivity index (χ2n) is 5.91. The van der Waals surface area contributed by atoms with Gasteiger partial charge in [0.2, 0.25) is 0 Å². The maximum atomic E-state index is 9.56. The maximum Gasteiger partial charge on any atom is 0.115 e. The Morgan fingerprint density at radius 1 is 1.42 bits per heavy atom. The molecule has 0 spiro atoms. The zero-order valence-electron chi connectivity index (χ0n) is 12.1. The molecule has 1 aromatic rings. The summed E-state index contributed by atoms with van der Waals surface area (Å²) in [5, 5.41) is 13.0. The van der Waals surface area contributed by atoms with Gasteiger partial charge >= 0.3 is 0 Å². The number of hydrogen-bond acceptors (Lipinski definition) is 3. The van der Waals surface area contributed by atoms with Crippen molar-refractivity contribution in [2.24, 2.45) is 5.92 Å². The van der Waals surface area contributed by atoms with Gasteiger partial charge in [-0.2, -0.15) is 0 Å². The molecule has 0 aliphatic carbocycles. The van der Waals surface area contributed by atoms with Crippen LogP contribution in [0.25, 0.3) is 0 Å². The number of nitrogens with zero attached hydrogens (tertiary/aromatic N) is 1. The number of phenolic OH excluding ortho intramolecular Hbond substituents is 1. The predicted octanol–water partition coefficient (Wildman–Crippen LogP) is 2.60. The second-order valence-corrected chi connectivity index (χ2v) is 5.91. The summed E-state index contributed by atoms with van der Waals surface area (Å²) in [7, 11) is 0. The highest BCUT2D eigenvalue weighted by atomic mass is 16.3. The van der Waals surface area contributed by atoms with Crippen LogP contribution >= 0.6 is 0 Å². The van der Waals surface area contributed by atoms with Gasteiger partial charge in [-0.05, 0) is 63.4 Å². The van der Waals surface area contributed by atoms with E-state index in [-0.39, 0.29) is 0 Å². The lowest BCUT2D eigenvalue weighted by Gasteiger charge is -2.32. The Morgan fingerprint density at radius 2 is 2.26 bits per heavy atom. The number of benzene rings is 1. The minimum atomic E-state index is 0.362. The minimum Gasteiger partial charge on any atom is -0.508 e. The summed E-state index contributed by atoms with van der Waals surface area (Å²) in [6.45, 7) is 8.87. The van der Waals surface area contributed by atoms with Gasteiger partial charge < -0.3 is 10.4 Å². The van der Waals surface area contributed by atoms with Crippen LogP contribution in [0.4, 0.5) is 0 Å². The SMILES string of the molecule is CC(C)N(Cc1cccc(O)c1)CC1CCCNC1. The molecule has 0 saturated carbocycles. The van der Waals surface area contributed by atoms with Crippen molar-refractivity contribution in [2.45, 2.75) is 39.3 Å². The van der Waals surface area contributed by atoms with Crippen molar-refractivity contribution in [1.82, 2.24) is 10.2 Å². The number of rotatable bonds is 5. The van der Waals surface area contributed by atoms with E-state index in [0.29, 0.717) is 11.8 Å². The van der Waals surface area contributed by atoms with Crippen molar-refractivity contribution < 1.29 is 5.11 Å². The molecular weight excluding hydrogens is 236 g/mol. The van der Waals surface area contributed by atoms with E-state index in [1.54, 1.807) is 6.07 Å². The highest BCUT2D eigenvalue weighted by Gasteiger charge is 2.19. The van der Waals surface area contributed by atoms with Crippen LogP contribution in [-0.2, 0) is 6.54 Å². The Morgan fingerprint density at radius 3 is 2.89 bits per heavy atom. The highest BCUT2D eigenvalue weighted by Crippen LogP contribution is 2.18. The molecule has 2 N–H and O–H groups in total. The van der Waals surface area contributed by atoms with Crippen LogP contribution in [-0.4, -0.2) is 35.7 Å². The van der Waals surface area contributed by atoms with E-state index in [0.717, 1.165) is 25.6 Å². The average Bonchev–Trinajstić information content (AvgIpc) is 2.39. The van der Waals surface area contributed by atoms with E-state index < -0.39 is 0 Å². The fourth-order valence-corrected chi connectivity index (χ4v) is 2.76. The van der Waals surface area contributed by atoms with Crippen molar-refractivity contribution in [3.8, 4) is 5.75 Å². The monoisotopic (exact) mass is 262 g/mol. The first-order valence-corrected chi connectivity index (χ1v) is 7.38. The molecule has 0 amide bonds. The topological polar surface area (TPSA) is 35.5 Å². The molecule has 0 aromatic heterocycles. The minimum absolute atomic E-state index is 0.362. The third-order valence-electron chi connectivity index (χ3n) is 3.92. The molecule has 0 radical (unpaired) electrons. The van der Waals surface area contributed by atoms with Gasteiger partial charge in [0.1, 0.15) is 5.75 Å². The molecule has 1 unspecified atom stereocenters. The maximum absolute atomic E-state index is 9.56. The Bertz CT molecular complexity index is 386. The molecule has 1 fully saturated rings. The molecule has 3 nitrogen and oxygen atoms in total. The molecular formula is C16H26N2O. The smallest absolute Gasteiger partial charge is 0.115 e. The van der Waals surface area contributed by atoms with Crippen LogP contribution in [0, 0.1) is 5.92 Å². The van der Waals surface area contributed by atoms with Gasteiger partial charge in [0.15, 0.2) is 0 Å². The number of hydrogen-bond donors (Lipinski definition) is 2. The second kappa shape index (κ2) is 6.92. The summed E-state index contributed by atoms with van der Waals surface area (Å²) >= 11 is 0. The zero-order valence-corrected chi connectivity index (χ0v) is 12.1. The summed E-state index contributed by atoms with van der Waals surface area (Å²) in [4.78, 5) is 2.51. The van der Waals surface area contributed by atoms with Crippen molar-refractivity contribution in [2.75, 3.05) is 19.6 Å². The normalized spacial score (nSPS) is 20.1. The van der Waals surface area contributed by atoms with E-state index in [4.69, 9.17) is 0 Å². The summed E-state index contributed by atoms with van der Waals surface area (Å²) < 4.78 is 0. The molecule has 1 aliphatic heterocycles. The molecule has 1 heterocycles. The molecule has 1 atom stereocenters. The number of phenols is 1. The van der Waals surface area contributed by atoms with Crippen LogP contribution in [0.5, 0.6) is 5.75 Å². The first-order chi connectivity index (χ1) is 9.15. The van der Waals surface area contributed by atoms with Crippen LogP contribution in [0.1, 0.15) is 32.3 Å². The molecule has 0 bridgehead atoms. The molecule has 19 heavy (non-hydrogen) atoms. The lowest BCUT2D eigenvalue weighted by atomic mass is 9.98. The van der Waals surface area contributed by atoms with Crippen molar-refractivity contribution in [1.29, 1.82) is 0 Å². The Balaban J connectivity index is 1.95. The Labute approximate surface area is 116 Å². The molecule has 1 aliphatic rings.